The van der Waals surface area contributed by atoms with Crippen LogP contribution in [0.3, 0.4) is 0 Å². The fraction of sp³-hybridized carbons (Fsp3) is 0.500. The Morgan fingerprint density at radius 1 is 1.29 bits per heavy atom. The normalized spacial score (nSPS) is 16.1. The second-order valence-electron chi connectivity index (χ2n) is 5.14. The first-order valence-electron chi connectivity index (χ1n) is 6.89. The highest BCUT2D eigenvalue weighted by molar-refractivity contribution is 8.13. The first-order chi connectivity index (χ1) is 9.82. The minimum atomic E-state index is -3.92. The van der Waals surface area contributed by atoms with E-state index in [-0.39, 0.29) is 27.4 Å². The van der Waals surface area contributed by atoms with Gasteiger partial charge in [0.05, 0.1) is 4.90 Å². The van der Waals surface area contributed by atoms with Crippen LogP contribution in [0.4, 0.5) is 0 Å². The monoisotopic (exact) mass is 349 g/mol. The van der Waals surface area contributed by atoms with Crippen LogP contribution in [0.2, 0.25) is 5.02 Å². The van der Waals surface area contributed by atoms with Crippen molar-refractivity contribution >= 4 is 37.2 Å². The maximum atomic E-state index is 12.6. The Balaban J connectivity index is 2.35. The number of hydrogen-bond acceptors (Lipinski definition) is 3. The smallest absolute Gasteiger partial charge is 0.261 e. The van der Waals surface area contributed by atoms with E-state index >= 15 is 0 Å². The van der Waals surface area contributed by atoms with E-state index in [4.69, 9.17) is 22.3 Å². The molecule has 7 heteroatoms. The van der Waals surface area contributed by atoms with Crippen LogP contribution in [0.5, 0.6) is 0 Å². The van der Waals surface area contributed by atoms with E-state index in [1.807, 2.05) is 6.92 Å². The molecule has 1 aliphatic carbocycles. The number of rotatable bonds is 4. The lowest BCUT2D eigenvalue weighted by molar-refractivity contribution is 0.0693. The van der Waals surface area contributed by atoms with E-state index in [1.54, 1.807) is 4.90 Å². The molecule has 1 aromatic rings. The number of halogens is 2. The van der Waals surface area contributed by atoms with Crippen molar-refractivity contribution in [1.29, 1.82) is 0 Å². The van der Waals surface area contributed by atoms with Crippen LogP contribution >= 0.6 is 22.3 Å². The topological polar surface area (TPSA) is 54.5 Å². The lowest BCUT2D eigenvalue weighted by Gasteiger charge is -2.28. The van der Waals surface area contributed by atoms with Crippen molar-refractivity contribution in [3.63, 3.8) is 0 Å². The fourth-order valence-electron chi connectivity index (χ4n) is 2.78. The van der Waals surface area contributed by atoms with E-state index in [1.165, 1.54) is 18.2 Å². The highest BCUT2D eigenvalue weighted by Crippen LogP contribution is 2.27. The van der Waals surface area contributed by atoms with Crippen LogP contribution in [0.25, 0.3) is 0 Å². The summed E-state index contributed by atoms with van der Waals surface area (Å²) in [4.78, 5) is 14.3. The maximum Gasteiger partial charge on any atom is 0.261 e. The van der Waals surface area contributed by atoms with Crippen LogP contribution in [-0.4, -0.2) is 31.8 Å². The van der Waals surface area contributed by atoms with E-state index < -0.39 is 9.05 Å². The Labute approximate surface area is 134 Å². The third-order valence-electron chi connectivity index (χ3n) is 3.77. The van der Waals surface area contributed by atoms with Crippen molar-refractivity contribution in [2.24, 2.45) is 0 Å². The van der Waals surface area contributed by atoms with Crippen molar-refractivity contribution < 1.29 is 13.2 Å². The van der Waals surface area contributed by atoms with Gasteiger partial charge in [-0.15, -0.1) is 0 Å². The van der Waals surface area contributed by atoms with Crippen molar-refractivity contribution in [2.45, 2.75) is 43.5 Å². The molecule has 116 valence electrons. The lowest BCUT2D eigenvalue weighted by Crippen LogP contribution is -2.38. The third kappa shape index (κ3) is 3.90. The largest absolute Gasteiger partial charge is 0.336 e. The fourth-order valence-corrected chi connectivity index (χ4v) is 3.88. The van der Waals surface area contributed by atoms with Gasteiger partial charge in [-0.2, -0.15) is 0 Å². The molecule has 0 N–H and O–H groups in total. The van der Waals surface area contributed by atoms with Gasteiger partial charge in [-0.05, 0) is 38.0 Å². The highest BCUT2D eigenvalue weighted by Gasteiger charge is 2.27. The van der Waals surface area contributed by atoms with Gasteiger partial charge in [-0.25, -0.2) is 8.42 Å². The zero-order chi connectivity index (χ0) is 15.6. The standard InChI is InChI=1S/C14H17Cl2NO3S/c1-2-17(12-5-3-4-6-12)14(18)10-7-11(15)9-13(8-10)21(16,19)20/h7-9,12H,2-6H2,1H3. The summed E-state index contributed by atoms with van der Waals surface area (Å²) >= 11 is 5.91. The minimum Gasteiger partial charge on any atom is -0.336 e. The Kier molecular flexibility index (Phi) is 5.17. The Morgan fingerprint density at radius 3 is 2.43 bits per heavy atom. The highest BCUT2D eigenvalue weighted by atomic mass is 35.7. The van der Waals surface area contributed by atoms with Gasteiger partial charge < -0.3 is 4.90 Å². The van der Waals surface area contributed by atoms with Crippen molar-refractivity contribution in [3.8, 4) is 0 Å². The summed E-state index contributed by atoms with van der Waals surface area (Å²) in [6.07, 6.45) is 4.21. The van der Waals surface area contributed by atoms with Gasteiger partial charge in [-0.1, -0.05) is 24.4 Å². The molecular weight excluding hydrogens is 333 g/mol. The quantitative estimate of drug-likeness (QED) is 0.779. The van der Waals surface area contributed by atoms with Crippen molar-refractivity contribution in [3.05, 3.63) is 28.8 Å². The van der Waals surface area contributed by atoms with E-state index in [0.717, 1.165) is 25.7 Å². The van der Waals surface area contributed by atoms with Gasteiger partial charge in [0.25, 0.3) is 15.0 Å². The molecule has 0 bridgehead atoms. The van der Waals surface area contributed by atoms with Gasteiger partial charge in [0.2, 0.25) is 0 Å². The van der Waals surface area contributed by atoms with Crippen LogP contribution in [0.15, 0.2) is 23.1 Å². The van der Waals surface area contributed by atoms with Gasteiger partial charge in [0.15, 0.2) is 0 Å². The van der Waals surface area contributed by atoms with Gasteiger partial charge in [-0.3, -0.25) is 4.79 Å². The van der Waals surface area contributed by atoms with Gasteiger partial charge in [0, 0.05) is 33.9 Å². The molecule has 21 heavy (non-hydrogen) atoms. The molecule has 0 unspecified atom stereocenters. The molecule has 1 amide bonds. The predicted octanol–water partition coefficient (Wildman–Crippen LogP) is 3.67. The number of amides is 1. The lowest BCUT2D eigenvalue weighted by atomic mass is 10.1. The number of carbonyl (C=O) groups is 1. The molecule has 0 atom stereocenters. The Bertz CT molecular complexity index is 640. The summed E-state index contributed by atoms with van der Waals surface area (Å²) in [6, 6.07) is 4.23. The second kappa shape index (κ2) is 6.55. The molecule has 4 nitrogen and oxygen atoms in total. The summed E-state index contributed by atoms with van der Waals surface area (Å²) in [7, 11) is 1.42. The van der Waals surface area contributed by atoms with Gasteiger partial charge >= 0.3 is 0 Å². The molecule has 0 radical (unpaired) electrons. The molecule has 1 fully saturated rings. The molecule has 0 aromatic heterocycles. The molecular formula is C14H17Cl2NO3S. The average molecular weight is 350 g/mol. The average Bonchev–Trinajstić information content (AvgIpc) is 2.91. The van der Waals surface area contributed by atoms with Crippen molar-refractivity contribution in [1.82, 2.24) is 4.90 Å². The molecule has 0 heterocycles. The third-order valence-corrected chi connectivity index (χ3v) is 5.32. The number of nitrogens with zero attached hydrogens (tertiary/aromatic N) is 1. The first kappa shape index (κ1) is 16.6. The minimum absolute atomic E-state index is 0.150. The summed E-state index contributed by atoms with van der Waals surface area (Å²) in [6.45, 7) is 2.50. The SMILES string of the molecule is CCN(C(=O)c1cc(Cl)cc(S(=O)(=O)Cl)c1)C1CCCC1. The summed E-state index contributed by atoms with van der Waals surface area (Å²) in [5.41, 5.74) is 0.260. The number of carbonyl (C=O) groups excluding carboxylic acids is 1. The predicted molar refractivity (Wildman–Crippen MR) is 83.5 cm³/mol. The van der Waals surface area contributed by atoms with Crippen molar-refractivity contribution in [2.75, 3.05) is 6.54 Å². The van der Waals surface area contributed by atoms with E-state index in [9.17, 15) is 13.2 Å². The van der Waals surface area contributed by atoms with Crippen LogP contribution < -0.4 is 0 Å². The summed E-state index contributed by atoms with van der Waals surface area (Å²) in [5, 5.41) is 0.183. The van der Waals surface area contributed by atoms with Crippen LogP contribution in [-0.2, 0) is 9.05 Å². The molecule has 0 aliphatic heterocycles. The van der Waals surface area contributed by atoms with E-state index in [2.05, 4.69) is 0 Å². The molecule has 1 aromatic carbocycles. The molecule has 1 saturated carbocycles. The van der Waals surface area contributed by atoms with Gasteiger partial charge in [0.1, 0.15) is 0 Å². The second-order valence-corrected chi connectivity index (χ2v) is 8.15. The zero-order valence-corrected chi connectivity index (χ0v) is 14.0. The zero-order valence-electron chi connectivity index (χ0n) is 11.7. The number of hydrogen-bond donors (Lipinski definition) is 0. The summed E-state index contributed by atoms with van der Waals surface area (Å²) < 4.78 is 22.9. The summed E-state index contributed by atoms with van der Waals surface area (Å²) in [5.74, 6) is -0.200. The van der Waals surface area contributed by atoms with Crippen LogP contribution in [0.1, 0.15) is 43.0 Å². The Hall–Kier alpha value is -0.780. The molecule has 0 spiro atoms. The van der Waals surface area contributed by atoms with E-state index in [0.29, 0.717) is 6.54 Å². The molecule has 2 rings (SSSR count). The Morgan fingerprint density at radius 2 is 1.90 bits per heavy atom. The van der Waals surface area contributed by atoms with Crippen LogP contribution in [0, 0.1) is 0 Å². The molecule has 0 saturated heterocycles. The number of benzene rings is 1. The maximum absolute atomic E-state index is 12.6. The molecule has 1 aliphatic rings. The first-order valence-corrected chi connectivity index (χ1v) is 9.58.